The van der Waals surface area contributed by atoms with E-state index in [4.69, 9.17) is 4.52 Å². The fourth-order valence-corrected chi connectivity index (χ4v) is 4.47. The fraction of sp³-hybridized carbons (Fsp3) is 0.207. The first-order chi connectivity index (χ1) is 17.5. The normalized spacial score (nSPS) is 15.8. The number of hydrogen-bond donors (Lipinski definition) is 1. The Balaban J connectivity index is 1.49. The van der Waals surface area contributed by atoms with E-state index in [1.165, 1.54) is 17.7 Å². The maximum atomic E-state index is 13.6. The van der Waals surface area contributed by atoms with E-state index in [1.807, 2.05) is 56.3 Å². The number of nitrogens with zero attached hydrogens (tertiary/aromatic N) is 3. The van der Waals surface area contributed by atoms with Crippen molar-refractivity contribution in [2.45, 2.75) is 32.7 Å². The Hall–Kier alpha value is -4.26. The average molecular weight is 483 g/mol. The van der Waals surface area contributed by atoms with Crippen LogP contribution in [0.2, 0.25) is 0 Å². The Kier molecular flexibility index (Phi) is 6.62. The number of carbonyl (C=O) groups is 1. The van der Waals surface area contributed by atoms with Crippen molar-refractivity contribution in [1.82, 2.24) is 20.4 Å². The molecule has 0 fully saturated rings. The number of benzene rings is 3. The predicted octanol–water partition coefficient (Wildman–Crippen LogP) is 6.31. The first-order valence-electron chi connectivity index (χ1n) is 12.0. The summed E-state index contributed by atoms with van der Waals surface area (Å²) in [4.78, 5) is 19.6. The molecule has 1 aliphatic heterocycles. The summed E-state index contributed by atoms with van der Waals surface area (Å²) in [7, 11) is 0. The Labute approximate surface area is 209 Å². The lowest BCUT2D eigenvalue weighted by Gasteiger charge is -2.35. The van der Waals surface area contributed by atoms with Gasteiger partial charge >= 0.3 is 6.03 Å². The molecule has 182 valence electrons. The molecule has 0 radical (unpaired) electrons. The molecule has 0 aliphatic carbocycles. The maximum Gasteiger partial charge on any atom is 0.322 e. The minimum Gasteiger partial charge on any atom is -0.334 e. The molecule has 36 heavy (non-hydrogen) atoms. The number of urea groups is 1. The predicted molar refractivity (Wildman–Crippen MR) is 136 cm³/mol. The number of rotatable bonds is 7. The average Bonchev–Trinajstić information content (AvgIpc) is 3.37. The lowest BCUT2D eigenvalue weighted by atomic mass is 9.94. The molecule has 5 rings (SSSR count). The molecule has 2 amide bonds. The largest absolute Gasteiger partial charge is 0.334 e. The molecule has 0 saturated heterocycles. The van der Waals surface area contributed by atoms with Crippen LogP contribution in [0.15, 0.2) is 89.1 Å². The van der Waals surface area contributed by atoms with Crippen LogP contribution in [0, 0.1) is 12.7 Å². The van der Waals surface area contributed by atoms with Gasteiger partial charge < -0.3 is 9.84 Å². The smallest absolute Gasteiger partial charge is 0.322 e. The molecule has 1 aromatic heterocycles. The van der Waals surface area contributed by atoms with Crippen molar-refractivity contribution in [2.75, 3.05) is 6.54 Å². The number of aryl methyl sites for hydroxylation is 2. The Morgan fingerprint density at radius 2 is 1.69 bits per heavy atom. The molecule has 7 heteroatoms. The van der Waals surface area contributed by atoms with Crippen molar-refractivity contribution >= 4 is 11.6 Å². The number of halogens is 1. The van der Waals surface area contributed by atoms with Crippen molar-refractivity contribution < 1.29 is 13.7 Å². The third kappa shape index (κ3) is 4.91. The minimum atomic E-state index is -0.546. The molecule has 1 aliphatic rings. The minimum absolute atomic E-state index is 0.211. The van der Waals surface area contributed by atoms with Gasteiger partial charge in [-0.25, -0.2) is 9.18 Å². The van der Waals surface area contributed by atoms with Crippen LogP contribution >= 0.6 is 0 Å². The van der Waals surface area contributed by atoms with E-state index < -0.39 is 6.04 Å². The summed E-state index contributed by atoms with van der Waals surface area (Å²) >= 11 is 0. The van der Waals surface area contributed by atoms with Crippen LogP contribution in [-0.4, -0.2) is 27.6 Å². The Bertz CT molecular complexity index is 1380. The molecule has 1 N–H and O–H groups in total. The van der Waals surface area contributed by atoms with E-state index in [0.717, 1.165) is 35.2 Å². The number of carbonyl (C=O) groups excluding carboxylic acids is 1. The van der Waals surface area contributed by atoms with Crippen LogP contribution in [-0.2, 0) is 6.42 Å². The van der Waals surface area contributed by atoms with E-state index in [-0.39, 0.29) is 11.8 Å². The van der Waals surface area contributed by atoms with Gasteiger partial charge in [-0.15, -0.1) is 0 Å². The molecule has 3 aromatic carbocycles. The number of nitrogens with one attached hydrogen (secondary N) is 1. The lowest BCUT2D eigenvalue weighted by molar-refractivity contribution is 0.204. The number of hydrogen-bond acceptors (Lipinski definition) is 4. The highest BCUT2D eigenvalue weighted by molar-refractivity contribution is 5.86. The second-order valence-electron chi connectivity index (χ2n) is 8.96. The van der Waals surface area contributed by atoms with Gasteiger partial charge in [0.1, 0.15) is 5.82 Å². The molecule has 0 bridgehead atoms. The summed E-state index contributed by atoms with van der Waals surface area (Å²) in [5.74, 6) is 0.450. The van der Waals surface area contributed by atoms with Crippen LogP contribution in [0.5, 0.6) is 0 Å². The van der Waals surface area contributed by atoms with Crippen LogP contribution in [0.3, 0.4) is 0 Å². The van der Waals surface area contributed by atoms with E-state index in [1.54, 1.807) is 17.0 Å². The third-order valence-corrected chi connectivity index (χ3v) is 6.46. The number of aromatic nitrogens is 2. The van der Waals surface area contributed by atoms with Crippen LogP contribution < -0.4 is 5.32 Å². The van der Waals surface area contributed by atoms with Gasteiger partial charge in [-0.1, -0.05) is 77.5 Å². The maximum absolute atomic E-state index is 13.6. The lowest BCUT2D eigenvalue weighted by Crippen LogP contribution is -2.46. The zero-order valence-corrected chi connectivity index (χ0v) is 20.2. The van der Waals surface area contributed by atoms with Crippen LogP contribution in [0.25, 0.3) is 17.0 Å². The van der Waals surface area contributed by atoms with E-state index >= 15 is 0 Å². The molecule has 0 saturated carbocycles. The quantitative estimate of drug-likeness (QED) is 0.335. The summed E-state index contributed by atoms with van der Waals surface area (Å²) in [5, 5.41) is 7.27. The van der Waals surface area contributed by atoms with Crippen molar-refractivity contribution in [2.24, 2.45) is 0 Å². The fourth-order valence-electron chi connectivity index (χ4n) is 4.47. The first-order valence-corrected chi connectivity index (χ1v) is 12.0. The van der Waals surface area contributed by atoms with Crippen molar-refractivity contribution in [3.8, 4) is 11.4 Å². The number of amides is 2. The molecule has 2 heterocycles. The standard InChI is InChI=1S/C29H27FN4O2/c1-19-10-12-23(13-11-19)27-32-28(36-33-27)25-20(2)34(18-6-9-21-7-4-3-5-8-21)29(35)31-26(25)22-14-16-24(30)17-15-22/h3-5,7-8,10-17,26H,6,9,18H2,1-2H3,(H,31,35). The first kappa shape index (κ1) is 23.5. The summed E-state index contributed by atoms with van der Waals surface area (Å²) in [6.45, 7) is 4.44. The van der Waals surface area contributed by atoms with Crippen LogP contribution in [0.1, 0.15) is 42.0 Å². The molecular formula is C29H27FN4O2. The molecule has 6 nitrogen and oxygen atoms in total. The highest BCUT2D eigenvalue weighted by atomic mass is 19.1. The molecule has 4 aromatic rings. The third-order valence-electron chi connectivity index (χ3n) is 6.46. The van der Waals surface area contributed by atoms with E-state index in [2.05, 4.69) is 27.6 Å². The van der Waals surface area contributed by atoms with E-state index in [9.17, 15) is 9.18 Å². The van der Waals surface area contributed by atoms with Crippen molar-refractivity contribution in [3.63, 3.8) is 0 Å². The summed E-state index contributed by atoms with van der Waals surface area (Å²) in [6.07, 6.45) is 1.65. The highest BCUT2D eigenvalue weighted by Gasteiger charge is 2.35. The topological polar surface area (TPSA) is 71.3 Å². The Morgan fingerprint density at radius 1 is 0.972 bits per heavy atom. The summed E-state index contributed by atoms with van der Waals surface area (Å²) in [5.41, 5.74) is 5.37. The summed E-state index contributed by atoms with van der Waals surface area (Å²) < 4.78 is 19.4. The molecule has 1 atom stereocenters. The van der Waals surface area contributed by atoms with Gasteiger partial charge in [-0.05, 0) is 49.9 Å². The van der Waals surface area contributed by atoms with Gasteiger partial charge in [-0.2, -0.15) is 4.98 Å². The zero-order valence-electron chi connectivity index (χ0n) is 20.2. The Morgan fingerprint density at radius 3 is 2.42 bits per heavy atom. The highest BCUT2D eigenvalue weighted by Crippen LogP contribution is 2.37. The van der Waals surface area contributed by atoms with Crippen molar-refractivity contribution in [1.29, 1.82) is 0 Å². The van der Waals surface area contributed by atoms with Crippen LogP contribution in [0.4, 0.5) is 9.18 Å². The molecular weight excluding hydrogens is 455 g/mol. The van der Waals surface area contributed by atoms with Gasteiger partial charge in [-0.3, -0.25) is 4.90 Å². The van der Waals surface area contributed by atoms with Crippen molar-refractivity contribution in [3.05, 3.63) is 113 Å². The van der Waals surface area contributed by atoms with Gasteiger partial charge in [0.15, 0.2) is 0 Å². The second-order valence-corrected chi connectivity index (χ2v) is 8.96. The SMILES string of the molecule is CC1=C(c2nc(-c3ccc(C)cc3)no2)C(c2ccc(F)cc2)NC(=O)N1CCCc1ccccc1. The van der Waals surface area contributed by atoms with Gasteiger partial charge in [0.05, 0.1) is 11.6 Å². The monoisotopic (exact) mass is 482 g/mol. The zero-order chi connectivity index (χ0) is 25.1. The van der Waals surface area contributed by atoms with Gasteiger partial charge in [0.2, 0.25) is 5.82 Å². The summed E-state index contributed by atoms with van der Waals surface area (Å²) in [6, 6.07) is 23.4. The second kappa shape index (κ2) is 10.2. The van der Waals surface area contributed by atoms with Gasteiger partial charge in [0, 0.05) is 17.8 Å². The number of allylic oxidation sites excluding steroid dienone is 1. The van der Waals surface area contributed by atoms with Gasteiger partial charge in [0.25, 0.3) is 5.89 Å². The van der Waals surface area contributed by atoms with E-state index in [0.29, 0.717) is 23.8 Å². The molecule has 0 spiro atoms. The molecule has 1 unspecified atom stereocenters.